The van der Waals surface area contributed by atoms with Crippen LogP contribution in [0, 0.1) is 0 Å². The Morgan fingerprint density at radius 1 is 0.692 bits per heavy atom. The summed E-state index contributed by atoms with van der Waals surface area (Å²) in [6.07, 6.45) is 0.946. The van der Waals surface area contributed by atoms with Crippen molar-refractivity contribution >= 4 is 11.8 Å². The van der Waals surface area contributed by atoms with Crippen LogP contribution in [0.5, 0.6) is 0 Å². The highest BCUT2D eigenvalue weighted by Gasteiger charge is 2.15. The van der Waals surface area contributed by atoms with Crippen molar-refractivity contribution in [3.63, 3.8) is 0 Å². The van der Waals surface area contributed by atoms with Crippen molar-refractivity contribution in [2.75, 3.05) is 13.1 Å². The standard InChI is InChI=1S/C20H26N4O2/c21-17(13-15-7-3-1-4-8-15)19(25)23-11-12-24-20(26)18(22)14-16-9-5-2-6-10-16/h1-10,17-18H,11-14,21-22H2,(H,23,25)(H,24,26)/t17-,18-/m1/s1. The number of hydrogen-bond acceptors (Lipinski definition) is 4. The molecule has 26 heavy (non-hydrogen) atoms. The normalized spacial score (nSPS) is 12.8. The largest absolute Gasteiger partial charge is 0.353 e. The maximum atomic E-state index is 12.0. The number of nitrogens with one attached hydrogen (secondary N) is 2. The lowest BCUT2D eigenvalue weighted by Gasteiger charge is -2.14. The van der Waals surface area contributed by atoms with Crippen molar-refractivity contribution < 1.29 is 9.59 Å². The maximum absolute atomic E-state index is 12.0. The van der Waals surface area contributed by atoms with E-state index in [1.807, 2.05) is 60.7 Å². The average Bonchev–Trinajstić information content (AvgIpc) is 2.66. The molecule has 2 atom stereocenters. The summed E-state index contributed by atoms with van der Waals surface area (Å²) in [5.74, 6) is -0.478. The molecule has 0 aliphatic rings. The predicted molar refractivity (Wildman–Crippen MR) is 102 cm³/mol. The Morgan fingerprint density at radius 3 is 1.38 bits per heavy atom. The van der Waals surface area contributed by atoms with Crippen LogP contribution in [0.4, 0.5) is 0 Å². The molecular weight excluding hydrogens is 328 g/mol. The molecule has 6 heteroatoms. The van der Waals surface area contributed by atoms with Crippen LogP contribution in [0.15, 0.2) is 60.7 Å². The molecule has 0 radical (unpaired) electrons. The quantitative estimate of drug-likeness (QED) is 0.487. The molecule has 0 fully saturated rings. The second-order valence-electron chi connectivity index (χ2n) is 6.17. The maximum Gasteiger partial charge on any atom is 0.237 e. The highest BCUT2D eigenvalue weighted by Crippen LogP contribution is 2.02. The molecule has 0 unspecified atom stereocenters. The van der Waals surface area contributed by atoms with Gasteiger partial charge >= 0.3 is 0 Å². The van der Waals surface area contributed by atoms with Crippen LogP contribution in [0.3, 0.4) is 0 Å². The van der Waals surface area contributed by atoms with Crippen molar-refractivity contribution in [1.29, 1.82) is 0 Å². The summed E-state index contributed by atoms with van der Waals surface area (Å²) in [7, 11) is 0. The lowest BCUT2D eigenvalue weighted by molar-refractivity contribution is -0.124. The summed E-state index contributed by atoms with van der Waals surface area (Å²) in [4.78, 5) is 24.0. The zero-order valence-corrected chi connectivity index (χ0v) is 14.7. The van der Waals surface area contributed by atoms with Crippen molar-refractivity contribution in [3.8, 4) is 0 Å². The van der Waals surface area contributed by atoms with E-state index >= 15 is 0 Å². The Labute approximate surface area is 154 Å². The highest BCUT2D eigenvalue weighted by molar-refractivity contribution is 5.83. The van der Waals surface area contributed by atoms with Gasteiger partial charge in [0.05, 0.1) is 12.1 Å². The topological polar surface area (TPSA) is 110 Å². The Bertz CT molecular complexity index is 630. The van der Waals surface area contributed by atoms with Crippen molar-refractivity contribution in [2.45, 2.75) is 24.9 Å². The van der Waals surface area contributed by atoms with Gasteiger partial charge in [0.25, 0.3) is 0 Å². The number of amides is 2. The van der Waals surface area contributed by atoms with Gasteiger partial charge in [0.2, 0.25) is 11.8 Å². The van der Waals surface area contributed by atoms with Gasteiger partial charge in [-0.2, -0.15) is 0 Å². The van der Waals surface area contributed by atoms with Crippen molar-refractivity contribution in [2.24, 2.45) is 11.5 Å². The second kappa shape index (κ2) is 10.3. The molecule has 6 N–H and O–H groups in total. The van der Waals surface area contributed by atoms with E-state index in [9.17, 15) is 9.59 Å². The minimum Gasteiger partial charge on any atom is -0.353 e. The Kier molecular flexibility index (Phi) is 7.79. The van der Waals surface area contributed by atoms with Crippen LogP contribution in [-0.2, 0) is 22.4 Å². The third kappa shape index (κ3) is 6.66. The van der Waals surface area contributed by atoms with E-state index in [4.69, 9.17) is 11.5 Å². The molecule has 0 heterocycles. The molecule has 2 aromatic carbocycles. The number of benzene rings is 2. The van der Waals surface area contributed by atoms with Gasteiger partial charge in [-0.3, -0.25) is 9.59 Å². The van der Waals surface area contributed by atoms with Crippen LogP contribution in [0.2, 0.25) is 0 Å². The van der Waals surface area contributed by atoms with Crippen LogP contribution < -0.4 is 22.1 Å². The number of rotatable bonds is 9. The molecule has 2 amide bonds. The van der Waals surface area contributed by atoms with Gasteiger partial charge in [-0.15, -0.1) is 0 Å². The molecular formula is C20H26N4O2. The third-order valence-corrected chi connectivity index (χ3v) is 3.99. The molecule has 2 aromatic rings. The predicted octanol–water partition coefficient (Wildman–Crippen LogP) is 0.359. The van der Waals surface area contributed by atoms with Crippen molar-refractivity contribution in [3.05, 3.63) is 71.8 Å². The lowest BCUT2D eigenvalue weighted by Crippen LogP contribution is -2.47. The third-order valence-electron chi connectivity index (χ3n) is 3.99. The van der Waals surface area contributed by atoms with E-state index in [0.29, 0.717) is 25.9 Å². The van der Waals surface area contributed by atoms with Crippen LogP contribution >= 0.6 is 0 Å². The fourth-order valence-electron chi connectivity index (χ4n) is 2.56. The zero-order valence-electron chi connectivity index (χ0n) is 14.7. The van der Waals surface area contributed by atoms with Crippen LogP contribution in [0.1, 0.15) is 11.1 Å². The molecule has 0 aromatic heterocycles. The van der Waals surface area contributed by atoms with Gasteiger partial charge in [-0.05, 0) is 24.0 Å². The van der Waals surface area contributed by atoms with Crippen molar-refractivity contribution in [1.82, 2.24) is 10.6 Å². The van der Waals surface area contributed by atoms with Gasteiger partial charge in [0.1, 0.15) is 0 Å². The number of carbonyl (C=O) groups excluding carboxylic acids is 2. The van der Waals surface area contributed by atoms with E-state index in [2.05, 4.69) is 10.6 Å². The molecule has 0 saturated heterocycles. The average molecular weight is 354 g/mol. The lowest BCUT2D eigenvalue weighted by atomic mass is 10.1. The van der Waals surface area contributed by atoms with E-state index in [0.717, 1.165) is 11.1 Å². The second-order valence-corrected chi connectivity index (χ2v) is 6.17. The molecule has 0 aliphatic heterocycles. The van der Waals surface area contributed by atoms with Gasteiger partial charge in [-0.25, -0.2) is 0 Å². The van der Waals surface area contributed by atoms with E-state index < -0.39 is 12.1 Å². The van der Waals surface area contributed by atoms with Gasteiger partial charge < -0.3 is 22.1 Å². The zero-order chi connectivity index (χ0) is 18.8. The minimum absolute atomic E-state index is 0.239. The minimum atomic E-state index is -0.617. The summed E-state index contributed by atoms with van der Waals surface area (Å²) in [6, 6.07) is 18.0. The number of carbonyl (C=O) groups is 2. The van der Waals surface area contributed by atoms with Gasteiger partial charge in [-0.1, -0.05) is 60.7 Å². The summed E-state index contributed by atoms with van der Waals surface area (Å²) in [5, 5.41) is 5.45. The Morgan fingerprint density at radius 2 is 1.04 bits per heavy atom. The molecule has 0 aliphatic carbocycles. The smallest absolute Gasteiger partial charge is 0.237 e. The fraction of sp³-hybridized carbons (Fsp3) is 0.300. The van der Waals surface area contributed by atoms with Gasteiger partial charge in [0.15, 0.2) is 0 Å². The summed E-state index contributed by atoms with van der Waals surface area (Å²) in [6.45, 7) is 0.621. The SMILES string of the molecule is N[C@H](Cc1ccccc1)C(=O)NCCNC(=O)[C@H](N)Cc1ccccc1. The Hall–Kier alpha value is -2.70. The summed E-state index contributed by atoms with van der Waals surface area (Å²) < 4.78 is 0. The Balaban J connectivity index is 1.64. The van der Waals surface area contributed by atoms with Gasteiger partial charge in [0, 0.05) is 13.1 Å². The summed E-state index contributed by atoms with van der Waals surface area (Å²) in [5.41, 5.74) is 13.8. The first-order chi connectivity index (χ1) is 12.6. The molecule has 0 spiro atoms. The fourth-order valence-corrected chi connectivity index (χ4v) is 2.56. The summed E-state index contributed by atoms with van der Waals surface area (Å²) >= 11 is 0. The molecule has 6 nitrogen and oxygen atoms in total. The van der Waals surface area contributed by atoms with E-state index in [1.165, 1.54) is 0 Å². The first kappa shape index (κ1) is 19.6. The number of hydrogen-bond donors (Lipinski definition) is 4. The van der Waals surface area contributed by atoms with E-state index in [-0.39, 0.29) is 11.8 Å². The van der Waals surface area contributed by atoms with Crippen LogP contribution in [0.25, 0.3) is 0 Å². The molecule has 0 bridgehead atoms. The van der Waals surface area contributed by atoms with Crippen LogP contribution in [-0.4, -0.2) is 37.0 Å². The number of nitrogens with two attached hydrogens (primary N) is 2. The molecule has 138 valence electrons. The van der Waals surface area contributed by atoms with E-state index in [1.54, 1.807) is 0 Å². The monoisotopic (exact) mass is 354 g/mol. The molecule has 2 rings (SSSR count). The molecule has 0 saturated carbocycles. The highest BCUT2D eigenvalue weighted by atomic mass is 16.2. The first-order valence-electron chi connectivity index (χ1n) is 8.70. The first-order valence-corrected chi connectivity index (χ1v) is 8.70.